The van der Waals surface area contributed by atoms with Gasteiger partial charge in [-0.25, -0.2) is 9.59 Å². The summed E-state index contributed by atoms with van der Waals surface area (Å²) in [5.41, 5.74) is -7.58. The zero-order valence-corrected chi connectivity index (χ0v) is 28.3. The zero-order valence-electron chi connectivity index (χ0n) is 28.3. The van der Waals surface area contributed by atoms with Gasteiger partial charge in [0.05, 0.1) is 28.6 Å². The first-order valence-electron chi connectivity index (χ1n) is 16.1. The summed E-state index contributed by atoms with van der Waals surface area (Å²) in [6.07, 6.45) is -1.25. The van der Waals surface area contributed by atoms with Crippen molar-refractivity contribution in [2.45, 2.75) is 124 Å². The maximum Gasteiger partial charge on any atom is 0.351 e. The molecule has 4 unspecified atom stereocenters. The van der Waals surface area contributed by atoms with E-state index in [1.54, 1.807) is 46.8 Å². The smallest absolute Gasteiger partial charge is 0.351 e. The molecule has 11 heteroatoms. The topological polar surface area (TPSA) is 141 Å². The van der Waals surface area contributed by atoms with E-state index in [0.717, 1.165) is 0 Å². The van der Waals surface area contributed by atoms with Crippen LogP contribution in [-0.2, 0) is 38.1 Å². The Morgan fingerprint density at radius 2 is 1.26 bits per heavy atom. The summed E-state index contributed by atoms with van der Waals surface area (Å²) in [6.45, 7) is 17.6. The molecule has 0 spiro atoms. The van der Waals surface area contributed by atoms with Gasteiger partial charge in [-0.05, 0) is 79.4 Å². The predicted octanol–water partition coefficient (Wildman–Crippen LogP) is 5.20. The molecule has 250 valence electrons. The Hall–Kier alpha value is -3.63. The Balaban J connectivity index is 1.48. The maximum atomic E-state index is 14.4. The molecule has 46 heavy (non-hydrogen) atoms. The van der Waals surface area contributed by atoms with Crippen molar-refractivity contribution in [3.63, 3.8) is 0 Å². The second-order valence-corrected chi connectivity index (χ2v) is 15.5. The Morgan fingerprint density at radius 3 is 1.67 bits per heavy atom. The summed E-state index contributed by atoms with van der Waals surface area (Å²) in [5.74, 6) is -2.40. The number of Topliss-reactive ketones (excluding diaryl/α,β-unsaturated/α-hetero) is 1. The molecule has 0 N–H and O–H groups in total. The summed E-state index contributed by atoms with van der Waals surface area (Å²) >= 11 is 0. The summed E-state index contributed by atoms with van der Waals surface area (Å²) in [7, 11) is 0. The molecule has 2 saturated carbocycles. The fraction of sp³-hybridized carbons (Fsp3) is 0.686. The number of rotatable bonds is 7. The molecule has 1 aromatic carbocycles. The number of hydrogen-bond donors (Lipinski definition) is 0. The highest BCUT2D eigenvalue weighted by Gasteiger charge is 2.78. The van der Waals surface area contributed by atoms with Crippen molar-refractivity contribution in [1.29, 1.82) is 0 Å². The molecule has 5 aliphatic rings. The van der Waals surface area contributed by atoms with E-state index in [0.29, 0.717) is 12.8 Å². The standard InChI is InChI=1S/C35H44O11/c1-11-41-22-19(18(2)36)12-13-20-21(22)23(42-27(39)34-16-14-32(9,25(37)45-34)30(34,5)6)24(29(3,4)44-20)43-28(40)35-17-15-33(10,26(38)46-35)31(35,7)8/h12-13,23-24H,11,14-17H2,1-10H3/t23-,24-,32?,33?,34?,35?/m1/s1. The van der Waals surface area contributed by atoms with E-state index in [-0.39, 0.29) is 47.9 Å². The summed E-state index contributed by atoms with van der Waals surface area (Å²) in [6, 6.07) is 3.18. The van der Waals surface area contributed by atoms with Crippen LogP contribution in [0.25, 0.3) is 0 Å². The maximum absolute atomic E-state index is 14.4. The van der Waals surface area contributed by atoms with Crippen LogP contribution in [0.2, 0.25) is 0 Å². The molecule has 3 aliphatic heterocycles. The number of carbonyl (C=O) groups is 5. The first kappa shape index (κ1) is 32.3. The second-order valence-electron chi connectivity index (χ2n) is 15.5. The lowest BCUT2D eigenvalue weighted by Crippen LogP contribution is -2.57. The molecule has 4 fully saturated rings. The Labute approximate surface area is 268 Å². The molecule has 11 nitrogen and oxygen atoms in total. The van der Waals surface area contributed by atoms with Crippen molar-refractivity contribution >= 4 is 29.7 Å². The molecule has 4 bridgehead atoms. The third kappa shape index (κ3) is 3.63. The van der Waals surface area contributed by atoms with Gasteiger partial charge in [-0.2, -0.15) is 0 Å². The Kier molecular flexibility index (Phi) is 6.65. The van der Waals surface area contributed by atoms with E-state index in [1.165, 1.54) is 6.92 Å². The highest BCUT2D eigenvalue weighted by atomic mass is 16.7. The van der Waals surface area contributed by atoms with Crippen molar-refractivity contribution < 1.29 is 52.4 Å². The molecular weight excluding hydrogens is 596 g/mol. The van der Waals surface area contributed by atoms with Crippen LogP contribution in [0.4, 0.5) is 0 Å². The van der Waals surface area contributed by atoms with E-state index in [4.69, 9.17) is 28.4 Å². The Bertz CT molecular complexity index is 1590. The van der Waals surface area contributed by atoms with Crippen LogP contribution in [0.15, 0.2) is 12.1 Å². The van der Waals surface area contributed by atoms with Crippen LogP contribution in [0.3, 0.4) is 0 Å². The van der Waals surface area contributed by atoms with Gasteiger partial charge in [-0.15, -0.1) is 0 Å². The van der Waals surface area contributed by atoms with Crippen LogP contribution >= 0.6 is 0 Å². The fourth-order valence-corrected chi connectivity index (χ4v) is 8.52. The second kappa shape index (κ2) is 9.47. The molecule has 6 rings (SSSR count). The normalized spacial score (nSPS) is 37.1. The quantitative estimate of drug-likeness (QED) is 0.221. The number of carbonyl (C=O) groups excluding carboxylic acids is 5. The fourth-order valence-electron chi connectivity index (χ4n) is 8.52. The number of benzene rings is 1. The lowest BCUT2D eigenvalue weighted by molar-refractivity contribution is -0.218. The van der Waals surface area contributed by atoms with Crippen molar-refractivity contribution in [1.82, 2.24) is 0 Å². The molecule has 1 aromatic rings. The van der Waals surface area contributed by atoms with Crippen molar-refractivity contribution in [3.05, 3.63) is 23.3 Å². The molecule has 2 aliphatic carbocycles. The van der Waals surface area contributed by atoms with Crippen molar-refractivity contribution in [2.75, 3.05) is 6.61 Å². The summed E-state index contributed by atoms with van der Waals surface area (Å²) < 4.78 is 36.8. The highest BCUT2D eigenvalue weighted by molar-refractivity contribution is 5.98. The first-order chi connectivity index (χ1) is 21.2. The third-order valence-corrected chi connectivity index (χ3v) is 12.7. The molecule has 2 saturated heterocycles. The number of esters is 4. The van der Waals surface area contributed by atoms with Crippen LogP contribution in [0.5, 0.6) is 11.5 Å². The van der Waals surface area contributed by atoms with E-state index in [9.17, 15) is 24.0 Å². The van der Waals surface area contributed by atoms with E-state index in [2.05, 4.69) is 0 Å². The van der Waals surface area contributed by atoms with Crippen molar-refractivity contribution in [2.24, 2.45) is 21.7 Å². The van der Waals surface area contributed by atoms with Gasteiger partial charge in [0.25, 0.3) is 0 Å². The first-order valence-corrected chi connectivity index (χ1v) is 16.1. The van der Waals surface area contributed by atoms with Crippen LogP contribution in [0, 0.1) is 21.7 Å². The monoisotopic (exact) mass is 640 g/mol. The van der Waals surface area contributed by atoms with Gasteiger partial charge >= 0.3 is 23.9 Å². The van der Waals surface area contributed by atoms with E-state index >= 15 is 0 Å². The molecule has 0 aromatic heterocycles. The van der Waals surface area contributed by atoms with Gasteiger partial charge in [0.1, 0.15) is 17.1 Å². The van der Waals surface area contributed by atoms with Crippen LogP contribution in [0.1, 0.15) is 117 Å². The van der Waals surface area contributed by atoms with Gasteiger partial charge in [-0.1, -0.05) is 27.7 Å². The van der Waals surface area contributed by atoms with E-state index in [1.807, 2.05) is 27.7 Å². The van der Waals surface area contributed by atoms with Gasteiger partial charge in [0, 0.05) is 10.8 Å². The minimum Gasteiger partial charge on any atom is -0.493 e. The predicted molar refractivity (Wildman–Crippen MR) is 161 cm³/mol. The number of hydrogen-bond acceptors (Lipinski definition) is 11. The largest absolute Gasteiger partial charge is 0.493 e. The molecule has 3 heterocycles. The van der Waals surface area contributed by atoms with Crippen LogP contribution in [-0.4, -0.2) is 59.2 Å². The van der Waals surface area contributed by atoms with Gasteiger partial charge in [-0.3, -0.25) is 14.4 Å². The molecular formula is C35H44O11. The third-order valence-electron chi connectivity index (χ3n) is 12.7. The van der Waals surface area contributed by atoms with Gasteiger partial charge < -0.3 is 28.4 Å². The average molecular weight is 641 g/mol. The Morgan fingerprint density at radius 1 is 0.761 bits per heavy atom. The molecule has 0 amide bonds. The number of ketones is 1. The number of fused-ring (bicyclic) bond motifs is 5. The lowest BCUT2D eigenvalue weighted by Gasteiger charge is -2.46. The zero-order chi connectivity index (χ0) is 34.0. The average Bonchev–Trinajstić information content (AvgIpc) is 3.42. The lowest BCUT2D eigenvalue weighted by atomic mass is 9.66. The van der Waals surface area contributed by atoms with Crippen LogP contribution < -0.4 is 9.47 Å². The SMILES string of the molecule is CCOc1c(C(C)=O)ccc2c1[C@@H](OC(=O)C13CCC(C)(C(=O)O1)C3(C)C)[C@@H](OC(=O)C13CCC(C)(C(=O)O1)C3(C)C)C(C)(C)O2. The summed E-state index contributed by atoms with van der Waals surface area (Å²) in [4.78, 5) is 67.6. The highest BCUT2D eigenvalue weighted by Crippen LogP contribution is 2.67. The summed E-state index contributed by atoms with van der Waals surface area (Å²) in [5, 5.41) is 0. The minimum absolute atomic E-state index is 0.137. The van der Waals surface area contributed by atoms with Crippen molar-refractivity contribution in [3.8, 4) is 11.5 Å². The molecule has 6 atom stereocenters. The number of ether oxygens (including phenoxy) is 6. The minimum atomic E-state index is -1.59. The van der Waals surface area contributed by atoms with Gasteiger partial charge in [0.15, 0.2) is 18.0 Å². The van der Waals surface area contributed by atoms with E-state index < -0.39 is 74.5 Å². The molecule has 0 radical (unpaired) electrons. The van der Waals surface area contributed by atoms with Gasteiger partial charge in [0.2, 0.25) is 11.2 Å².